The zero-order valence-corrected chi connectivity index (χ0v) is 10.2. The van der Waals surface area contributed by atoms with Crippen molar-refractivity contribution in [3.05, 3.63) is 29.3 Å². The van der Waals surface area contributed by atoms with Crippen molar-refractivity contribution >= 4 is 11.6 Å². The molecule has 5 heteroatoms. The lowest BCUT2D eigenvalue weighted by Gasteiger charge is -2.09. The minimum atomic E-state index is -0.174. The van der Waals surface area contributed by atoms with E-state index in [4.69, 9.17) is 10.5 Å². The summed E-state index contributed by atoms with van der Waals surface area (Å²) in [4.78, 5) is 11.4. The predicted octanol–water partition coefficient (Wildman–Crippen LogP) is 1.31. The fourth-order valence-electron chi connectivity index (χ4n) is 1.38. The van der Waals surface area contributed by atoms with Gasteiger partial charge in [0.05, 0.1) is 30.7 Å². The molecule has 18 heavy (non-hydrogen) atoms. The van der Waals surface area contributed by atoms with Crippen molar-refractivity contribution in [2.24, 2.45) is 0 Å². The van der Waals surface area contributed by atoms with Gasteiger partial charge in [0, 0.05) is 12.2 Å². The van der Waals surface area contributed by atoms with E-state index in [0.29, 0.717) is 18.5 Å². The highest BCUT2D eigenvalue weighted by Crippen LogP contribution is 2.15. The van der Waals surface area contributed by atoms with Crippen molar-refractivity contribution < 1.29 is 4.79 Å². The van der Waals surface area contributed by atoms with Crippen LogP contribution in [0.1, 0.15) is 17.5 Å². The van der Waals surface area contributed by atoms with Crippen LogP contribution in [0.15, 0.2) is 18.2 Å². The van der Waals surface area contributed by atoms with Crippen LogP contribution in [0.2, 0.25) is 0 Å². The van der Waals surface area contributed by atoms with Gasteiger partial charge in [0.1, 0.15) is 0 Å². The van der Waals surface area contributed by atoms with Gasteiger partial charge >= 0.3 is 0 Å². The first-order valence-electron chi connectivity index (χ1n) is 5.55. The van der Waals surface area contributed by atoms with Crippen LogP contribution < -0.4 is 10.6 Å². The van der Waals surface area contributed by atoms with Crippen LogP contribution in [0.4, 0.5) is 5.69 Å². The van der Waals surface area contributed by atoms with Gasteiger partial charge in [-0.2, -0.15) is 10.5 Å². The van der Waals surface area contributed by atoms with Crippen LogP contribution >= 0.6 is 0 Å². The van der Waals surface area contributed by atoms with Crippen molar-refractivity contribution in [2.75, 3.05) is 18.4 Å². The number of benzene rings is 1. The van der Waals surface area contributed by atoms with E-state index >= 15 is 0 Å². The van der Waals surface area contributed by atoms with E-state index in [9.17, 15) is 4.79 Å². The summed E-state index contributed by atoms with van der Waals surface area (Å²) in [6, 6.07) is 9.26. The standard InChI is InChI=1S/C13H14N4O/c1-10-3-4-11(8-15)7-12(10)17-9-13(18)16-6-2-5-14/h3-4,7,17H,2,6,9H2,1H3,(H,16,18). The molecular weight excluding hydrogens is 228 g/mol. The Kier molecular flexibility index (Phi) is 5.21. The SMILES string of the molecule is Cc1ccc(C#N)cc1NCC(=O)NCCC#N. The molecule has 92 valence electrons. The van der Waals surface area contributed by atoms with Crippen molar-refractivity contribution in [1.29, 1.82) is 10.5 Å². The minimum Gasteiger partial charge on any atom is -0.376 e. The minimum absolute atomic E-state index is 0.126. The van der Waals surface area contributed by atoms with Gasteiger partial charge in [0.25, 0.3) is 0 Å². The average Bonchev–Trinajstić information content (AvgIpc) is 2.38. The Morgan fingerprint density at radius 3 is 2.83 bits per heavy atom. The smallest absolute Gasteiger partial charge is 0.239 e. The number of nitriles is 2. The molecule has 0 aliphatic rings. The molecule has 0 saturated carbocycles. The van der Waals surface area contributed by atoms with Crippen LogP contribution in [0.3, 0.4) is 0 Å². The van der Waals surface area contributed by atoms with Gasteiger partial charge in [-0.25, -0.2) is 0 Å². The van der Waals surface area contributed by atoms with E-state index in [-0.39, 0.29) is 12.5 Å². The number of hydrogen-bond acceptors (Lipinski definition) is 4. The number of nitrogens with one attached hydrogen (secondary N) is 2. The molecule has 0 saturated heterocycles. The van der Waals surface area contributed by atoms with Crippen LogP contribution in [-0.2, 0) is 4.79 Å². The summed E-state index contributed by atoms with van der Waals surface area (Å²) in [5, 5.41) is 22.7. The number of carbonyl (C=O) groups is 1. The molecule has 0 unspecified atom stereocenters. The topological polar surface area (TPSA) is 88.7 Å². The fraction of sp³-hybridized carbons (Fsp3) is 0.308. The summed E-state index contributed by atoms with van der Waals surface area (Å²) in [5.41, 5.74) is 2.29. The molecule has 0 aliphatic heterocycles. The van der Waals surface area contributed by atoms with Gasteiger partial charge in [-0.15, -0.1) is 0 Å². The lowest BCUT2D eigenvalue weighted by molar-refractivity contribution is -0.119. The molecule has 0 heterocycles. The summed E-state index contributed by atoms with van der Waals surface area (Å²) in [5.74, 6) is -0.174. The summed E-state index contributed by atoms with van der Waals surface area (Å²) < 4.78 is 0. The fourth-order valence-corrected chi connectivity index (χ4v) is 1.38. The van der Waals surface area contributed by atoms with Crippen LogP contribution in [0.25, 0.3) is 0 Å². The van der Waals surface area contributed by atoms with Crippen molar-refractivity contribution in [3.63, 3.8) is 0 Å². The Labute approximate surface area is 106 Å². The molecule has 1 amide bonds. The van der Waals surface area contributed by atoms with Gasteiger partial charge in [-0.1, -0.05) is 6.07 Å². The van der Waals surface area contributed by atoms with Gasteiger partial charge < -0.3 is 10.6 Å². The van der Waals surface area contributed by atoms with E-state index in [1.807, 2.05) is 25.1 Å². The van der Waals surface area contributed by atoms with Crippen molar-refractivity contribution in [1.82, 2.24) is 5.32 Å². The summed E-state index contributed by atoms with van der Waals surface area (Å²) in [6.45, 7) is 2.38. The van der Waals surface area contributed by atoms with Gasteiger partial charge in [-0.3, -0.25) is 4.79 Å². The van der Waals surface area contributed by atoms with Crippen LogP contribution in [0.5, 0.6) is 0 Å². The number of carbonyl (C=O) groups excluding carboxylic acids is 1. The molecule has 5 nitrogen and oxygen atoms in total. The predicted molar refractivity (Wildman–Crippen MR) is 67.6 cm³/mol. The number of rotatable bonds is 5. The van der Waals surface area contributed by atoms with Crippen molar-refractivity contribution in [2.45, 2.75) is 13.3 Å². The summed E-state index contributed by atoms with van der Waals surface area (Å²) in [6.07, 6.45) is 0.300. The molecule has 1 aromatic rings. The summed E-state index contributed by atoms with van der Waals surface area (Å²) in [7, 11) is 0. The zero-order valence-electron chi connectivity index (χ0n) is 10.2. The van der Waals surface area contributed by atoms with E-state index in [0.717, 1.165) is 11.3 Å². The molecule has 0 bridgehead atoms. The maximum Gasteiger partial charge on any atom is 0.239 e. The van der Waals surface area contributed by atoms with E-state index in [2.05, 4.69) is 10.6 Å². The van der Waals surface area contributed by atoms with Gasteiger partial charge in [0.15, 0.2) is 0 Å². The lowest BCUT2D eigenvalue weighted by Crippen LogP contribution is -2.30. The first-order chi connectivity index (χ1) is 8.67. The quantitative estimate of drug-likeness (QED) is 0.762. The zero-order chi connectivity index (χ0) is 13.4. The Morgan fingerprint density at radius 2 is 2.17 bits per heavy atom. The van der Waals surface area contributed by atoms with Gasteiger partial charge in [0.2, 0.25) is 5.91 Å². The summed E-state index contributed by atoms with van der Waals surface area (Å²) >= 11 is 0. The third-order valence-electron chi connectivity index (χ3n) is 2.37. The molecular formula is C13H14N4O. The molecule has 0 fully saturated rings. The second-order valence-corrected chi connectivity index (χ2v) is 3.75. The van der Waals surface area contributed by atoms with E-state index in [1.165, 1.54) is 0 Å². The number of anilines is 1. The third kappa shape index (κ3) is 4.15. The molecule has 0 aromatic heterocycles. The first kappa shape index (κ1) is 13.5. The number of aryl methyl sites for hydroxylation is 1. The second kappa shape index (κ2) is 6.93. The molecule has 0 aliphatic carbocycles. The lowest BCUT2D eigenvalue weighted by atomic mass is 10.1. The molecule has 2 N–H and O–H groups in total. The molecule has 1 rings (SSSR count). The largest absolute Gasteiger partial charge is 0.376 e. The highest BCUT2D eigenvalue weighted by Gasteiger charge is 2.03. The Bertz CT molecular complexity index is 511. The maximum atomic E-state index is 11.4. The Hall–Kier alpha value is -2.53. The molecule has 0 spiro atoms. The normalized spacial score (nSPS) is 9.06. The second-order valence-electron chi connectivity index (χ2n) is 3.75. The van der Waals surface area contributed by atoms with Gasteiger partial charge in [-0.05, 0) is 24.6 Å². The number of hydrogen-bond donors (Lipinski definition) is 2. The Morgan fingerprint density at radius 1 is 1.39 bits per heavy atom. The van der Waals surface area contributed by atoms with Crippen molar-refractivity contribution in [3.8, 4) is 12.1 Å². The third-order valence-corrected chi connectivity index (χ3v) is 2.37. The van der Waals surface area contributed by atoms with Crippen LogP contribution in [-0.4, -0.2) is 19.0 Å². The maximum absolute atomic E-state index is 11.4. The number of nitrogens with zero attached hydrogens (tertiary/aromatic N) is 2. The first-order valence-corrected chi connectivity index (χ1v) is 5.55. The highest BCUT2D eigenvalue weighted by molar-refractivity contribution is 5.81. The Balaban J connectivity index is 2.51. The highest BCUT2D eigenvalue weighted by atomic mass is 16.1. The van der Waals surface area contributed by atoms with Crippen LogP contribution in [0, 0.1) is 29.6 Å². The monoisotopic (exact) mass is 242 g/mol. The van der Waals surface area contributed by atoms with E-state index in [1.54, 1.807) is 12.1 Å². The molecule has 1 aromatic carbocycles. The molecule has 0 radical (unpaired) electrons. The molecule has 0 atom stereocenters. The number of amides is 1. The average molecular weight is 242 g/mol. The van der Waals surface area contributed by atoms with E-state index < -0.39 is 0 Å².